The Bertz CT molecular complexity index is 325. The Hall–Kier alpha value is -1.35. The predicted octanol–water partition coefficient (Wildman–Crippen LogP) is 2.28. The molecule has 0 aliphatic heterocycles. The smallest absolute Gasteiger partial charge is 0.293 e. The molecule has 1 saturated carbocycles. The second kappa shape index (κ2) is 3.80. The van der Waals surface area contributed by atoms with Gasteiger partial charge in [-0.3, -0.25) is 4.89 Å². The summed E-state index contributed by atoms with van der Waals surface area (Å²) in [5.41, 5.74) is 1.83. The number of rotatable bonds is 3. The summed E-state index contributed by atoms with van der Waals surface area (Å²) < 4.78 is 0. The fourth-order valence-corrected chi connectivity index (χ4v) is 1.43. The van der Waals surface area contributed by atoms with Gasteiger partial charge in [0.2, 0.25) is 0 Å². The van der Waals surface area contributed by atoms with Crippen molar-refractivity contribution in [2.45, 2.75) is 18.8 Å². The highest BCUT2D eigenvalue weighted by Crippen LogP contribution is 2.39. The van der Waals surface area contributed by atoms with Crippen molar-refractivity contribution >= 4 is 5.97 Å². The van der Waals surface area contributed by atoms with Crippen LogP contribution in [0.5, 0.6) is 0 Å². The zero-order valence-electron chi connectivity index (χ0n) is 8.03. The van der Waals surface area contributed by atoms with Crippen LogP contribution < -0.4 is 0 Å². The molecule has 0 heterocycles. The van der Waals surface area contributed by atoms with Crippen molar-refractivity contribution in [2.75, 3.05) is 7.11 Å². The van der Waals surface area contributed by atoms with Crippen molar-refractivity contribution in [1.82, 2.24) is 0 Å². The highest BCUT2D eigenvalue weighted by molar-refractivity contribution is 5.88. The van der Waals surface area contributed by atoms with E-state index in [1.165, 1.54) is 25.5 Å². The number of hydrogen-bond donors (Lipinski definition) is 0. The van der Waals surface area contributed by atoms with Crippen molar-refractivity contribution in [3.8, 4) is 0 Å². The van der Waals surface area contributed by atoms with Gasteiger partial charge in [0, 0.05) is 0 Å². The number of benzene rings is 1. The lowest BCUT2D eigenvalue weighted by Gasteiger charge is -2.01. The van der Waals surface area contributed by atoms with E-state index in [0.717, 1.165) is 0 Å². The van der Waals surface area contributed by atoms with Gasteiger partial charge in [-0.1, -0.05) is 12.1 Å². The Morgan fingerprint density at radius 2 is 1.93 bits per heavy atom. The molecule has 1 fully saturated rings. The minimum atomic E-state index is -0.449. The van der Waals surface area contributed by atoms with Crippen LogP contribution in [0.15, 0.2) is 24.3 Å². The maximum Gasteiger partial charge on any atom is 0.373 e. The molecule has 0 aromatic heterocycles. The molecule has 3 nitrogen and oxygen atoms in total. The summed E-state index contributed by atoms with van der Waals surface area (Å²) in [7, 11) is 1.32. The van der Waals surface area contributed by atoms with E-state index in [1.807, 2.05) is 12.1 Å². The van der Waals surface area contributed by atoms with Gasteiger partial charge in [0.1, 0.15) is 0 Å². The van der Waals surface area contributed by atoms with E-state index < -0.39 is 5.97 Å². The van der Waals surface area contributed by atoms with Gasteiger partial charge >= 0.3 is 5.97 Å². The van der Waals surface area contributed by atoms with Gasteiger partial charge in [0.15, 0.2) is 0 Å². The van der Waals surface area contributed by atoms with Crippen molar-refractivity contribution in [3.63, 3.8) is 0 Å². The summed E-state index contributed by atoms with van der Waals surface area (Å²) >= 11 is 0. The van der Waals surface area contributed by atoms with E-state index in [2.05, 4.69) is 9.78 Å². The fraction of sp³-hybridized carbons (Fsp3) is 0.364. The summed E-state index contributed by atoms with van der Waals surface area (Å²) in [6, 6.07) is 7.50. The van der Waals surface area contributed by atoms with Crippen LogP contribution in [-0.4, -0.2) is 13.1 Å². The molecule has 0 amide bonds. The SMILES string of the molecule is COOC(=O)c1ccc(C2CC2)cc1. The molecule has 74 valence electrons. The Balaban J connectivity index is 2.08. The summed E-state index contributed by atoms with van der Waals surface area (Å²) in [5.74, 6) is 0.261. The van der Waals surface area contributed by atoms with E-state index in [4.69, 9.17) is 0 Å². The van der Waals surface area contributed by atoms with Gasteiger partial charge in [-0.05, 0) is 36.5 Å². The lowest BCUT2D eigenvalue weighted by atomic mass is 10.1. The van der Waals surface area contributed by atoms with Crippen LogP contribution in [0.2, 0.25) is 0 Å². The van der Waals surface area contributed by atoms with Crippen LogP contribution in [0.3, 0.4) is 0 Å². The Labute approximate surface area is 82.6 Å². The first kappa shape index (κ1) is 9.21. The summed E-state index contributed by atoms with van der Waals surface area (Å²) in [6.45, 7) is 0. The minimum absolute atomic E-state index is 0.449. The number of carbonyl (C=O) groups excluding carboxylic acids is 1. The minimum Gasteiger partial charge on any atom is -0.293 e. The first-order valence-corrected chi connectivity index (χ1v) is 4.66. The first-order valence-electron chi connectivity index (χ1n) is 4.66. The van der Waals surface area contributed by atoms with Crippen molar-refractivity contribution in [3.05, 3.63) is 35.4 Å². The first-order chi connectivity index (χ1) is 6.81. The molecule has 1 aromatic rings. The molecule has 14 heavy (non-hydrogen) atoms. The molecular formula is C11H12O3. The molecular weight excluding hydrogens is 180 g/mol. The molecule has 0 unspecified atom stereocenters. The second-order valence-electron chi connectivity index (χ2n) is 3.43. The third-order valence-electron chi connectivity index (χ3n) is 2.35. The largest absolute Gasteiger partial charge is 0.373 e. The maximum absolute atomic E-state index is 11.2. The van der Waals surface area contributed by atoms with Crippen LogP contribution >= 0.6 is 0 Å². The Kier molecular flexibility index (Phi) is 2.50. The van der Waals surface area contributed by atoms with E-state index in [1.54, 1.807) is 12.1 Å². The van der Waals surface area contributed by atoms with Crippen molar-refractivity contribution in [2.24, 2.45) is 0 Å². The zero-order valence-corrected chi connectivity index (χ0v) is 8.03. The van der Waals surface area contributed by atoms with Crippen molar-refractivity contribution < 1.29 is 14.6 Å². The van der Waals surface area contributed by atoms with Gasteiger partial charge in [0.05, 0.1) is 12.7 Å². The van der Waals surface area contributed by atoms with E-state index in [9.17, 15) is 4.79 Å². The zero-order chi connectivity index (χ0) is 9.97. The fourth-order valence-electron chi connectivity index (χ4n) is 1.43. The average Bonchev–Trinajstić information content (AvgIpc) is 3.02. The maximum atomic E-state index is 11.2. The average molecular weight is 192 g/mol. The molecule has 3 heteroatoms. The van der Waals surface area contributed by atoms with E-state index in [-0.39, 0.29) is 0 Å². The lowest BCUT2D eigenvalue weighted by Crippen LogP contribution is -2.03. The lowest BCUT2D eigenvalue weighted by molar-refractivity contribution is -0.216. The molecule has 0 bridgehead atoms. The normalized spacial score (nSPS) is 15.2. The number of carbonyl (C=O) groups is 1. The van der Waals surface area contributed by atoms with Gasteiger partial charge < -0.3 is 0 Å². The highest BCUT2D eigenvalue weighted by Gasteiger charge is 2.23. The second-order valence-corrected chi connectivity index (χ2v) is 3.43. The van der Waals surface area contributed by atoms with Crippen LogP contribution in [0, 0.1) is 0 Å². The molecule has 0 saturated heterocycles. The molecule has 0 N–H and O–H groups in total. The standard InChI is InChI=1S/C11H12O3/c1-13-14-11(12)10-6-4-9(5-7-10)8-2-3-8/h4-8H,2-3H2,1H3. The van der Waals surface area contributed by atoms with Crippen molar-refractivity contribution in [1.29, 1.82) is 0 Å². The highest BCUT2D eigenvalue weighted by atomic mass is 17.2. The third kappa shape index (κ3) is 1.93. The number of hydrogen-bond acceptors (Lipinski definition) is 3. The Morgan fingerprint density at radius 1 is 1.29 bits per heavy atom. The van der Waals surface area contributed by atoms with E-state index in [0.29, 0.717) is 11.5 Å². The van der Waals surface area contributed by atoms with Crippen LogP contribution in [0.1, 0.15) is 34.7 Å². The van der Waals surface area contributed by atoms with Gasteiger partial charge in [-0.15, -0.1) is 0 Å². The molecule has 0 spiro atoms. The molecule has 1 aliphatic carbocycles. The summed E-state index contributed by atoms with van der Waals surface area (Å²) in [6.07, 6.45) is 2.53. The Morgan fingerprint density at radius 3 is 2.43 bits per heavy atom. The molecule has 2 rings (SSSR count). The van der Waals surface area contributed by atoms with Crippen LogP contribution in [-0.2, 0) is 9.78 Å². The third-order valence-corrected chi connectivity index (χ3v) is 2.35. The topological polar surface area (TPSA) is 35.5 Å². The molecule has 0 atom stereocenters. The van der Waals surface area contributed by atoms with E-state index >= 15 is 0 Å². The van der Waals surface area contributed by atoms with Crippen LogP contribution in [0.4, 0.5) is 0 Å². The van der Waals surface area contributed by atoms with Gasteiger partial charge in [-0.25, -0.2) is 4.79 Å². The predicted molar refractivity (Wildman–Crippen MR) is 50.8 cm³/mol. The van der Waals surface area contributed by atoms with Gasteiger partial charge in [0.25, 0.3) is 0 Å². The summed E-state index contributed by atoms with van der Waals surface area (Å²) in [5, 5.41) is 0. The summed E-state index contributed by atoms with van der Waals surface area (Å²) in [4.78, 5) is 19.9. The quantitative estimate of drug-likeness (QED) is 0.544. The van der Waals surface area contributed by atoms with Crippen LogP contribution in [0.25, 0.3) is 0 Å². The van der Waals surface area contributed by atoms with Gasteiger partial charge in [-0.2, -0.15) is 4.89 Å². The monoisotopic (exact) mass is 192 g/mol. The molecule has 1 aromatic carbocycles. The molecule has 1 aliphatic rings. The molecule has 0 radical (unpaired) electrons.